The van der Waals surface area contributed by atoms with Gasteiger partial charge in [-0.3, -0.25) is 14.6 Å². The Balaban J connectivity index is 0.00000107. The molecule has 7 rings (SSSR count). The molecule has 13 nitrogen and oxygen atoms in total. The summed E-state index contributed by atoms with van der Waals surface area (Å²) in [6.07, 6.45) is -0.181. The van der Waals surface area contributed by atoms with Gasteiger partial charge in [0.15, 0.2) is 0 Å². The molecular weight excluding hydrogens is 1010 g/mol. The molecule has 3 aliphatic rings. The van der Waals surface area contributed by atoms with Gasteiger partial charge < -0.3 is 20.1 Å². The average Bonchev–Trinajstić information content (AvgIpc) is 3.33. The third-order valence-electron chi connectivity index (χ3n) is 11.8. The number of carbonyl (C=O) groups is 2. The molecule has 4 aromatic rings. The van der Waals surface area contributed by atoms with Crippen molar-refractivity contribution in [1.82, 2.24) is 14.5 Å². The number of carboxylic acid groups (broad SMARTS) is 1. The molecule has 2 aliphatic heterocycles. The van der Waals surface area contributed by atoms with E-state index in [-0.39, 0.29) is 5.56 Å². The number of allylic oxidation sites excluding steroid dienone is 1. The van der Waals surface area contributed by atoms with Crippen molar-refractivity contribution in [3.63, 3.8) is 0 Å². The highest BCUT2D eigenvalue weighted by molar-refractivity contribution is 7.99. The number of rotatable bonds is 16. The van der Waals surface area contributed by atoms with Gasteiger partial charge in [0.2, 0.25) is 0 Å². The summed E-state index contributed by atoms with van der Waals surface area (Å²) in [6.45, 7) is 7.08. The van der Waals surface area contributed by atoms with E-state index in [0.29, 0.717) is 51.1 Å². The molecule has 380 valence electrons. The Bertz CT molecular complexity index is 2670. The molecular formula is C47H52ClF6N5O8S3. The van der Waals surface area contributed by atoms with Crippen LogP contribution in [0.15, 0.2) is 117 Å². The number of ether oxygens (including phenoxy) is 1. The van der Waals surface area contributed by atoms with Crippen LogP contribution in [0.25, 0.3) is 5.57 Å². The highest BCUT2D eigenvalue weighted by atomic mass is 35.5. The molecule has 0 unspecified atom stereocenters. The summed E-state index contributed by atoms with van der Waals surface area (Å²) in [5, 5.41) is 10.8. The predicted molar refractivity (Wildman–Crippen MR) is 256 cm³/mol. The molecule has 2 saturated heterocycles. The third kappa shape index (κ3) is 15.1. The lowest BCUT2D eigenvalue weighted by Gasteiger charge is -2.37. The molecule has 0 saturated carbocycles. The van der Waals surface area contributed by atoms with E-state index in [0.717, 1.165) is 73.3 Å². The number of thioether (sulfide) groups is 1. The summed E-state index contributed by atoms with van der Waals surface area (Å²) in [4.78, 5) is 27.8. The SMILES string of the molecule is O=C(NS(=O)(=O)c1ccc(N[C@H](CCN2CCOCC2)CSc2ccccc2)c(S(=O)(=O)C(F)(F)F)c1)c1ccc(N2CCN(CC3=C(c4ccc(Cl)cc4)CCCC3)CC2)cc1.O=C(O)C(F)(F)F. The van der Waals surface area contributed by atoms with E-state index < -0.39 is 64.9 Å². The largest absolute Gasteiger partial charge is 0.501 e. The first-order valence-electron chi connectivity index (χ1n) is 22.2. The first-order chi connectivity index (χ1) is 33.1. The van der Waals surface area contributed by atoms with Gasteiger partial charge in [-0.2, -0.15) is 26.3 Å². The molecule has 1 amide bonds. The van der Waals surface area contributed by atoms with Crippen LogP contribution in [0.3, 0.4) is 0 Å². The number of sulfone groups is 1. The highest BCUT2D eigenvalue weighted by Crippen LogP contribution is 2.37. The van der Waals surface area contributed by atoms with Gasteiger partial charge in [0.05, 0.1) is 23.8 Å². The van der Waals surface area contributed by atoms with E-state index in [1.807, 2.05) is 47.2 Å². The molecule has 0 aromatic heterocycles. The van der Waals surface area contributed by atoms with Crippen LogP contribution in [0.4, 0.5) is 37.7 Å². The van der Waals surface area contributed by atoms with Crippen LogP contribution in [0.1, 0.15) is 48.0 Å². The van der Waals surface area contributed by atoms with Crippen molar-refractivity contribution in [3.05, 3.63) is 119 Å². The molecule has 1 atom stereocenters. The van der Waals surface area contributed by atoms with Crippen LogP contribution in [-0.4, -0.2) is 133 Å². The lowest BCUT2D eigenvalue weighted by Crippen LogP contribution is -2.47. The Kier molecular flexibility index (Phi) is 18.7. The summed E-state index contributed by atoms with van der Waals surface area (Å²) in [5.74, 6) is -3.41. The number of hydrogen-bond acceptors (Lipinski definition) is 12. The number of benzene rings is 4. The topological polar surface area (TPSA) is 166 Å². The quantitative estimate of drug-likeness (QED) is 0.0721. The number of anilines is 2. The Morgan fingerprint density at radius 2 is 1.41 bits per heavy atom. The maximum atomic E-state index is 14.2. The second-order valence-electron chi connectivity index (χ2n) is 16.7. The zero-order chi connectivity index (χ0) is 50.7. The second-order valence-corrected chi connectivity index (χ2v) is 21.8. The molecule has 3 N–H and O–H groups in total. The fourth-order valence-electron chi connectivity index (χ4n) is 8.07. The molecule has 23 heteroatoms. The normalized spacial score (nSPS) is 17.0. The van der Waals surface area contributed by atoms with Gasteiger partial charge in [0.25, 0.3) is 25.8 Å². The average molecular weight is 1060 g/mol. The van der Waals surface area contributed by atoms with E-state index in [4.69, 9.17) is 26.2 Å². The zero-order valence-electron chi connectivity index (χ0n) is 37.6. The summed E-state index contributed by atoms with van der Waals surface area (Å²) in [5.41, 5.74) is -1.19. The van der Waals surface area contributed by atoms with Gasteiger partial charge in [-0.25, -0.2) is 26.4 Å². The number of piperazine rings is 1. The van der Waals surface area contributed by atoms with Gasteiger partial charge in [-0.05, 0) is 110 Å². The number of amides is 1. The smallest absolute Gasteiger partial charge is 0.475 e. The number of alkyl halides is 6. The van der Waals surface area contributed by atoms with Crippen LogP contribution in [0.5, 0.6) is 0 Å². The number of morpholine rings is 1. The van der Waals surface area contributed by atoms with Gasteiger partial charge >= 0.3 is 17.7 Å². The molecule has 70 heavy (non-hydrogen) atoms. The number of halogens is 7. The Morgan fingerprint density at radius 1 is 0.786 bits per heavy atom. The minimum absolute atomic E-state index is 0.000347. The van der Waals surface area contributed by atoms with Crippen LogP contribution in [0, 0.1) is 0 Å². The molecule has 1 aliphatic carbocycles. The summed E-state index contributed by atoms with van der Waals surface area (Å²) in [6, 6.07) is 25.8. The summed E-state index contributed by atoms with van der Waals surface area (Å²) < 4.78 is 135. The van der Waals surface area contributed by atoms with Crippen LogP contribution in [-0.2, 0) is 29.4 Å². The van der Waals surface area contributed by atoms with Crippen molar-refractivity contribution in [2.24, 2.45) is 0 Å². The Labute approximate surface area is 412 Å². The first kappa shape index (κ1) is 54.5. The van der Waals surface area contributed by atoms with Gasteiger partial charge in [0, 0.05) is 85.3 Å². The van der Waals surface area contributed by atoms with Gasteiger partial charge in [-0.15, -0.1) is 11.8 Å². The van der Waals surface area contributed by atoms with Crippen molar-refractivity contribution in [2.75, 3.05) is 81.5 Å². The monoisotopic (exact) mass is 1060 g/mol. The van der Waals surface area contributed by atoms with E-state index in [9.17, 15) is 48.0 Å². The minimum atomic E-state index is -6.05. The van der Waals surface area contributed by atoms with Crippen LogP contribution in [0.2, 0.25) is 5.02 Å². The van der Waals surface area contributed by atoms with Crippen molar-refractivity contribution in [2.45, 2.75) is 64.5 Å². The third-order valence-corrected chi connectivity index (χ3v) is 16.1. The fourth-order valence-corrected chi connectivity index (χ4v) is 11.2. The molecule has 0 spiro atoms. The van der Waals surface area contributed by atoms with Crippen molar-refractivity contribution in [3.8, 4) is 0 Å². The number of sulfonamides is 1. The maximum Gasteiger partial charge on any atom is 0.501 e. The molecule has 4 aromatic carbocycles. The van der Waals surface area contributed by atoms with E-state index in [2.05, 4.69) is 32.1 Å². The number of carboxylic acids is 1. The Morgan fingerprint density at radius 3 is 2.03 bits per heavy atom. The lowest BCUT2D eigenvalue weighted by molar-refractivity contribution is -0.192. The molecule has 2 heterocycles. The summed E-state index contributed by atoms with van der Waals surface area (Å²) >= 11 is 7.59. The highest BCUT2D eigenvalue weighted by Gasteiger charge is 2.48. The van der Waals surface area contributed by atoms with Gasteiger partial charge in [0.1, 0.15) is 4.90 Å². The zero-order valence-corrected chi connectivity index (χ0v) is 40.9. The van der Waals surface area contributed by atoms with Crippen molar-refractivity contribution >= 4 is 72.0 Å². The number of carbonyl (C=O) groups excluding carboxylic acids is 1. The maximum absolute atomic E-state index is 14.2. The number of nitrogens with one attached hydrogen (secondary N) is 2. The van der Waals surface area contributed by atoms with Crippen LogP contribution < -0.4 is 14.9 Å². The standard InChI is InChI=1S/C45H51ClF3N5O6S3.C2HF3O2/c46-36-14-10-33(11-15-36)41-9-5-4-6-35(41)31-53-22-24-54(25-23-53)38-16-12-34(13-17-38)44(55)51-63(58,59)40-18-19-42(43(30-40)62(56,57)45(47,48)49)50-37(20-21-52-26-28-60-29-27-52)32-61-39-7-2-1-3-8-39;3-2(4,5)1(6)7/h1-3,7-8,10-19,30,37,50H,4-6,9,20-29,31-32H2,(H,51,55);(H,6,7)/t37-;/m1./s1. The number of aliphatic carboxylic acids is 1. The van der Waals surface area contributed by atoms with Gasteiger partial charge in [-0.1, -0.05) is 47.5 Å². The lowest BCUT2D eigenvalue weighted by atomic mass is 9.87. The number of hydrogen-bond donors (Lipinski definition) is 3. The Hall–Kier alpha value is -4.84. The van der Waals surface area contributed by atoms with Crippen LogP contribution >= 0.6 is 23.4 Å². The van der Waals surface area contributed by atoms with Crippen molar-refractivity contribution in [1.29, 1.82) is 0 Å². The van der Waals surface area contributed by atoms with E-state index in [1.54, 1.807) is 12.1 Å². The number of nitrogens with zero attached hydrogens (tertiary/aromatic N) is 3. The van der Waals surface area contributed by atoms with E-state index in [1.165, 1.54) is 53.4 Å². The fraction of sp³-hybridized carbons (Fsp3) is 0.404. The second kappa shape index (κ2) is 24.1. The first-order valence-corrected chi connectivity index (χ1v) is 26.5. The molecule has 0 radical (unpaired) electrons. The molecule has 0 bridgehead atoms. The molecule has 2 fully saturated rings. The minimum Gasteiger partial charge on any atom is -0.475 e. The van der Waals surface area contributed by atoms with Crippen molar-refractivity contribution < 1.29 is 62.6 Å². The van der Waals surface area contributed by atoms with E-state index >= 15 is 0 Å². The predicted octanol–water partition coefficient (Wildman–Crippen LogP) is 8.83. The summed E-state index contributed by atoms with van der Waals surface area (Å²) in [7, 11) is -10.9.